The van der Waals surface area contributed by atoms with E-state index in [0.717, 1.165) is 0 Å². The van der Waals surface area contributed by atoms with Crippen LogP contribution >= 0.6 is 15.9 Å². The molecule has 1 heterocycles. The van der Waals surface area contributed by atoms with E-state index in [4.69, 9.17) is 10.5 Å². The number of pyridine rings is 1. The normalized spacial score (nSPS) is 11.2. The topological polar surface area (TPSA) is 65.2 Å². The second kappa shape index (κ2) is 4.18. The van der Waals surface area contributed by atoms with E-state index in [1.807, 2.05) is 0 Å². The number of nitrogens with zero attached hydrogens (tertiary/aromatic N) is 1. The number of hydrogen-bond acceptors (Lipinski definition) is 4. The maximum absolute atomic E-state index is 11.7. The molecule has 2 N–H and O–H groups in total. The molecule has 0 amide bonds. The average Bonchev–Trinajstić information content (AvgIpc) is 2.06. The largest absolute Gasteiger partial charge is 0.456 e. The van der Waals surface area contributed by atoms with Crippen molar-refractivity contribution in [3.63, 3.8) is 0 Å². The monoisotopic (exact) mass is 272 g/mol. The van der Waals surface area contributed by atoms with Crippen molar-refractivity contribution in [2.24, 2.45) is 0 Å². The minimum atomic E-state index is -0.529. The molecule has 0 aliphatic rings. The summed E-state index contributed by atoms with van der Waals surface area (Å²) in [5.41, 5.74) is 5.73. The lowest BCUT2D eigenvalue weighted by molar-refractivity contribution is 0.00706. The Bertz CT molecular complexity index is 385. The lowest BCUT2D eigenvalue weighted by Crippen LogP contribution is -2.24. The molecule has 0 unspecified atom stereocenters. The molecule has 1 aromatic heterocycles. The van der Waals surface area contributed by atoms with Gasteiger partial charge in [-0.15, -0.1) is 0 Å². The molecule has 0 radical (unpaired) electrons. The van der Waals surface area contributed by atoms with Gasteiger partial charge in [0.1, 0.15) is 10.2 Å². The summed E-state index contributed by atoms with van der Waals surface area (Å²) in [5.74, 6) is -0.442. The molecule has 0 bridgehead atoms. The number of rotatable bonds is 1. The van der Waals surface area contributed by atoms with Crippen molar-refractivity contribution in [1.29, 1.82) is 0 Å². The van der Waals surface area contributed by atoms with Gasteiger partial charge in [-0.2, -0.15) is 0 Å². The summed E-state index contributed by atoms with van der Waals surface area (Å²) in [7, 11) is 0. The molecule has 82 valence electrons. The first-order valence-electron chi connectivity index (χ1n) is 4.44. The summed E-state index contributed by atoms with van der Waals surface area (Å²) in [4.78, 5) is 15.6. The summed E-state index contributed by atoms with van der Waals surface area (Å²) >= 11 is 3.17. The number of hydrogen-bond donors (Lipinski definition) is 1. The van der Waals surface area contributed by atoms with Gasteiger partial charge in [0.2, 0.25) is 0 Å². The highest BCUT2D eigenvalue weighted by Gasteiger charge is 2.20. The van der Waals surface area contributed by atoms with Gasteiger partial charge in [0.15, 0.2) is 0 Å². The van der Waals surface area contributed by atoms with Crippen LogP contribution in [0.15, 0.2) is 16.9 Å². The predicted octanol–water partition coefficient (Wildman–Crippen LogP) is 2.38. The van der Waals surface area contributed by atoms with E-state index in [9.17, 15) is 4.79 Å². The molecule has 4 nitrogen and oxygen atoms in total. The molecule has 0 spiro atoms. The van der Waals surface area contributed by atoms with E-state index in [2.05, 4.69) is 20.9 Å². The molecule has 1 rings (SSSR count). The molecule has 0 aliphatic carbocycles. The molecule has 0 saturated carbocycles. The van der Waals surface area contributed by atoms with Crippen molar-refractivity contribution < 1.29 is 9.53 Å². The van der Waals surface area contributed by atoms with Crippen LogP contribution in [-0.2, 0) is 4.74 Å². The van der Waals surface area contributed by atoms with E-state index in [-0.39, 0.29) is 0 Å². The standard InChI is InChI=1S/C10H13BrN2O2/c1-10(2,3)15-9(14)6-4-8(11)13-5-7(6)12/h4-5H,12H2,1-3H3. The van der Waals surface area contributed by atoms with Gasteiger partial charge in [0.05, 0.1) is 17.4 Å². The van der Waals surface area contributed by atoms with Gasteiger partial charge in [-0.25, -0.2) is 9.78 Å². The maximum Gasteiger partial charge on any atom is 0.340 e. The first kappa shape index (κ1) is 12.0. The number of nitrogen functional groups attached to an aromatic ring is 1. The Morgan fingerprint density at radius 1 is 1.53 bits per heavy atom. The van der Waals surface area contributed by atoms with Crippen molar-refractivity contribution in [3.8, 4) is 0 Å². The van der Waals surface area contributed by atoms with Crippen LogP contribution in [-0.4, -0.2) is 16.6 Å². The van der Waals surface area contributed by atoms with Crippen LogP contribution in [0.3, 0.4) is 0 Å². The third-order valence-electron chi connectivity index (χ3n) is 1.52. The number of carbonyl (C=O) groups is 1. The lowest BCUT2D eigenvalue weighted by atomic mass is 10.2. The molecule has 0 fully saturated rings. The summed E-state index contributed by atoms with van der Waals surface area (Å²) in [6.07, 6.45) is 1.42. The van der Waals surface area contributed by atoms with Crippen LogP contribution in [0.25, 0.3) is 0 Å². The van der Waals surface area contributed by atoms with Gasteiger partial charge in [0, 0.05) is 0 Å². The second-order valence-corrected chi connectivity index (χ2v) is 4.91. The second-order valence-electron chi connectivity index (χ2n) is 4.10. The Labute approximate surface area is 97.0 Å². The fraction of sp³-hybridized carbons (Fsp3) is 0.400. The van der Waals surface area contributed by atoms with Crippen molar-refractivity contribution >= 4 is 27.6 Å². The fourth-order valence-corrected chi connectivity index (χ4v) is 1.28. The van der Waals surface area contributed by atoms with Crippen LogP contribution in [0.4, 0.5) is 5.69 Å². The van der Waals surface area contributed by atoms with Gasteiger partial charge in [0.25, 0.3) is 0 Å². The predicted molar refractivity (Wildman–Crippen MR) is 61.5 cm³/mol. The van der Waals surface area contributed by atoms with Crippen LogP contribution in [0.2, 0.25) is 0 Å². The van der Waals surface area contributed by atoms with Gasteiger partial charge in [-0.1, -0.05) is 0 Å². The van der Waals surface area contributed by atoms with Crippen LogP contribution in [0.5, 0.6) is 0 Å². The molecule has 0 aliphatic heterocycles. The van der Waals surface area contributed by atoms with E-state index in [1.165, 1.54) is 6.20 Å². The highest BCUT2D eigenvalue weighted by Crippen LogP contribution is 2.19. The van der Waals surface area contributed by atoms with E-state index < -0.39 is 11.6 Å². The molecular formula is C10H13BrN2O2. The van der Waals surface area contributed by atoms with Crippen molar-refractivity contribution in [2.45, 2.75) is 26.4 Å². The highest BCUT2D eigenvalue weighted by molar-refractivity contribution is 9.10. The van der Waals surface area contributed by atoms with Crippen LogP contribution in [0.1, 0.15) is 31.1 Å². The smallest absolute Gasteiger partial charge is 0.340 e. The molecule has 15 heavy (non-hydrogen) atoms. The molecular weight excluding hydrogens is 260 g/mol. The zero-order chi connectivity index (χ0) is 11.6. The molecule has 1 aromatic rings. The van der Waals surface area contributed by atoms with Gasteiger partial charge >= 0.3 is 5.97 Å². The maximum atomic E-state index is 11.7. The average molecular weight is 273 g/mol. The number of nitrogens with two attached hydrogens (primary N) is 1. The summed E-state index contributed by atoms with van der Waals surface area (Å²) < 4.78 is 5.75. The zero-order valence-corrected chi connectivity index (χ0v) is 10.5. The van der Waals surface area contributed by atoms with Crippen LogP contribution in [0, 0.1) is 0 Å². The Morgan fingerprint density at radius 3 is 2.67 bits per heavy atom. The third kappa shape index (κ3) is 3.51. The first-order valence-corrected chi connectivity index (χ1v) is 5.23. The molecule has 0 aromatic carbocycles. The number of anilines is 1. The third-order valence-corrected chi connectivity index (χ3v) is 1.95. The van der Waals surface area contributed by atoms with E-state index in [0.29, 0.717) is 15.9 Å². The number of aromatic nitrogens is 1. The highest BCUT2D eigenvalue weighted by atomic mass is 79.9. The fourth-order valence-electron chi connectivity index (χ4n) is 0.950. The van der Waals surface area contributed by atoms with Crippen molar-refractivity contribution in [1.82, 2.24) is 4.98 Å². The van der Waals surface area contributed by atoms with Gasteiger partial charge in [-0.05, 0) is 42.8 Å². The minimum Gasteiger partial charge on any atom is -0.456 e. The number of esters is 1. The zero-order valence-electron chi connectivity index (χ0n) is 8.87. The van der Waals surface area contributed by atoms with Gasteiger partial charge < -0.3 is 10.5 Å². The Balaban J connectivity index is 2.96. The summed E-state index contributed by atoms with van der Waals surface area (Å²) in [6, 6.07) is 1.55. The summed E-state index contributed by atoms with van der Waals surface area (Å²) in [6.45, 7) is 5.41. The SMILES string of the molecule is CC(C)(C)OC(=O)c1cc(Br)ncc1N. The molecule has 0 saturated heterocycles. The lowest BCUT2D eigenvalue weighted by Gasteiger charge is -2.19. The molecule has 0 atom stereocenters. The quantitative estimate of drug-likeness (QED) is 0.630. The Morgan fingerprint density at radius 2 is 2.13 bits per heavy atom. The number of ether oxygens (including phenoxy) is 1. The molecule has 5 heteroatoms. The Hall–Kier alpha value is -1.10. The van der Waals surface area contributed by atoms with Crippen molar-refractivity contribution in [3.05, 3.63) is 22.4 Å². The van der Waals surface area contributed by atoms with Crippen LogP contribution < -0.4 is 5.73 Å². The number of halogens is 1. The van der Waals surface area contributed by atoms with E-state index >= 15 is 0 Å². The first-order chi connectivity index (χ1) is 6.79. The van der Waals surface area contributed by atoms with E-state index in [1.54, 1.807) is 26.8 Å². The van der Waals surface area contributed by atoms with Gasteiger partial charge in [-0.3, -0.25) is 0 Å². The van der Waals surface area contributed by atoms with Crippen molar-refractivity contribution in [2.75, 3.05) is 5.73 Å². The minimum absolute atomic E-state index is 0.312. The number of carbonyl (C=O) groups excluding carboxylic acids is 1. The Kier molecular flexibility index (Phi) is 3.34. The summed E-state index contributed by atoms with van der Waals surface area (Å²) in [5, 5.41) is 0.